The first-order valence-electron chi connectivity index (χ1n) is 8.05. The molecule has 1 amide bonds. The molecule has 0 fully saturated rings. The van der Waals surface area contributed by atoms with Crippen LogP contribution in [0.5, 0.6) is 5.75 Å². The second-order valence-electron chi connectivity index (χ2n) is 5.80. The van der Waals surface area contributed by atoms with Crippen molar-refractivity contribution in [3.8, 4) is 5.75 Å². The van der Waals surface area contributed by atoms with Crippen LogP contribution in [0, 0.1) is 0 Å². The first-order valence-corrected chi connectivity index (χ1v) is 8.86. The summed E-state index contributed by atoms with van der Waals surface area (Å²) in [6.45, 7) is 0.267. The summed E-state index contributed by atoms with van der Waals surface area (Å²) >= 11 is 1.51. The molecule has 1 aliphatic rings. The van der Waals surface area contributed by atoms with Gasteiger partial charge in [-0.2, -0.15) is 0 Å². The topological polar surface area (TPSA) is 69.0 Å². The third kappa shape index (κ3) is 3.48. The molecule has 0 unspecified atom stereocenters. The number of nitrogens with zero attached hydrogens (tertiary/aromatic N) is 3. The molecule has 0 saturated heterocycles. The van der Waals surface area contributed by atoms with Crippen molar-refractivity contribution in [2.24, 2.45) is 7.05 Å². The fourth-order valence-electron chi connectivity index (χ4n) is 2.54. The lowest BCUT2D eigenvalue weighted by molar-refractivity contribution is -0.113. The van der Waals surface area contributed by atoms with E-state index in [4.69, 9.17) is 4.74 Å². The molecule has 4 rings (SSSR count). The highest BCUT2D eigenvalue weighted by atomic mass is 32.2. The molecule has 7 heteroatoms. The molecule has 2 heterocycles. The maximum Gasteiger partial charge on any atom is 0.255 e. The Morgan fingerprint density at radius 3 is 2.77 bits per heavy atom. The Morgan fingerprint density at radius 2 is 2.00 bits per heavy atom. The highest BCUT2D eigenvalue weighted by molar-refractivity contribution is 7.99. The largest absolute Gasteiger partial charge is 0.488 e. The summed E-state index contributed by atoms with van der Waals surface area (Å²) in [7, 11) is 1.90. The number of aromatic nitrogens is 3. The number of hydrogen-bond donors (Lipinski definition) is 1. The van der Waals surface area contributed by atoms with Crippen LogP contribution in [0.3, 0.4) is 0 Å². The summed E-state index contributed by atoms with van der Waals surface area (Å²) in [5, 5.41) is 11.6. The third-order valence-electron chi connectivity index (χ3n) is 3.91. The van der Waals surface area contributed by atoms with Gasteiger partial charge < -0.3 is 14.6 Å². The molecule has 0 bridgehead atoms. The van der Waals surface area contributed by atoms with Crippen LogP contribution in [0.2, 0.25) is 0 Å². The van der Waals surface area contributed by atoms with E-state index in [1.54, 1.807) is 6.33 Å². The van der Waals surface area contributed by atoms with Crippen molar-refractivity contribution in [2.75, 3.05) is 11.9 Å². The summed E-state index contributed by atoms with van der Waals surface area (Å²) in [5.41, 5.74) is 2.25. The minimum absolute atomic E-state index is 0.159. The molecule has 0 aliphatic carbocycles. The molecule has 6 nitrogen and oxygen atoms in total. The lowest BCUT2D eigenvalue weighted by Gasteiger charge is -2.17. The molecule has 26 heavy (non-hydrogen) atoms. The Labute approximate surface area is 154 Å². The van der Waals surface area contributed by atoms with Crippen LogP contribution in [0.4, 0.5) is 5.69 Å². The number of anilines is 1. The Morgan fingerprint density at radius 1 is 1.19 bits per heavy atom. The molecular formula is C19H16N4O2S. The molecule has 2 aromatic carbocycles. The Balaban J connectivity index is 1.44. The highest BCUT2D eigenvalue weighted by Crippen LogP contribution is 2.28. The van der Waals surface area contributed by atoms with Crippen molar-refractivity contribution in [1.82, 2.24) is 14.8 Å². The highest BCUT2D eigenvalue weighted by Gasteiger charge is 2.17. The molecule has 0 spiro atoms. The van der Waals surface area contributed by atoms with E-state index in [-0.39, 0.29) is 12.5 Å². The van der Waals surface area contributed by atoms with E-state index in [0.29, 0.717) is 5.57 Å². The predicted molar refractivity (Wildman–Crippen MR) is 100 cm³/mol. The SMILES string of the molecule is Cn1cnnc1Sc1ccc(NC(=O)C2=Cc3ccccc3OC2)cc1. The van der Waals surface area contributed by atoms with Crippen molar-refractivity contribution < 1.29 is 9.53 Å². The van der Waals surface area contributed by atoms with E-state index in [1.807, 2.05) is 66.2 Å². The second-order valence-corrected chi connectivity index (χ2v) is 6.84. The van der Waals surface area contributed by atoms with E-state index in [1.165, 1.54) is 11.8 Å². The minimum Gasteiger partial charge on any atom is -0.488 e. The van der Waals surface area contributed by atoms with E-state index in [0.717, 1.165) is 27.1 Å². The third-order valence-corrected chi connectivity index (χ3v) is 4.97. The summed E-state index contributed by atoms with van der Waals surface area (Å²) < 4.78 is 7.49. The van der Waals surface area contributed by atoms with E-state index >= 15 is 0 Å². The number of benzene rings is 2. The van der Waals surface area contributed by atoms with E-state index in [2.05, 4.69) is 15.5 Å². The van der Waals surface area contributed by atoms with Crippen LogP contribution in [-0.2, 0) is 11.8 Å². The fraction of sp³-hybridized carbons (Fsp3) is 0.105. The van der Waals surface area contributed by atoms with Crippen LogP contribution in [0.15, 0.2) is 70.5 Å². The van der Waals surface area contributed by atoms with Gasteiger partial charge in [0.1, 0.15) is 18.7 Å². The number of fused-ring (bicyclic) bond motifs is 1. The normalized spacial score (nSPS) is 12.7. The predicted octanol–water partition coefficient (Wildman–Crippen LogP) is 3.38. The monoisotopic (exact) mass is 364 g/mol. The van der Waals surface area contributed by atoms with E-state index in [9.17, 15) is 4.79 Å². The fourth-order valence-corrected chi connectivity index (χ4v) is 3.30. The summed E-state index contributed by atoms with van der Waals surface area (Å²) in [5.74, 6) is 0.641. The van der Waals surface area contributed by atoms with E-state index < -0.39 is 0 Å². The zero-order chi connectivity index (χ0) is 17.9. The van der Waals surface area contributed by atoms with Crippen molar-refractivity contribution in [3.63, 3.8) is 0 Å². The van der Waals surface area contributed by atoms with Crippen LogP contribution in [0.1, 0.15) is 5.56 Å². The van der Waals surface area contributed by atoms with Crippen molar-refractivity contribution in [2.45, 2.75) is 10.1 Å². The number of aryl methyl sites for hydroxylation is 1. The minimum atomic E-state index is -0.159. The zero-order valence-corrected chi connectivity index (χ0v) is 14.9. The summed E-state index contributed by atoms with van der Waals surface area (Å²) in [6, 6.07) is 15.3. The maximum absolute atomic E-state index is 12.5. The van der Waals surface area contributed by atoms with Gasteiger partial charge in [0.15, 0.2) is 5.16 Å². The molecule has 130 valence electrons. The van der Waals surface area contributed by atoms with Gasteiger partial charge in [0.05, 0.1) is 5.57 Å². The average molecular weight is 364 g/mol. The van der Waals surface area contributed by atoms with Crippen LogP contribution >= 0.6 is 11.8 Å². The van der Waals surface area contributed by atoms with Gasteiger partial charge >= 0.3 is 0 Å². The first kappa shape index (κ1) is 16.4. The van der Waals surface area contributed by atoms with Gasteiger partial charge in [0, 0.05) is 23.2 Å². The average Bonchev–Trinajstić information content (AvgIpc) is 3.07. The van der Waals surface area contributed by atoms with Crippen LogP contribution in [-0.4, -0.2) is 27.3 Å². The van der Waals surface area contributed by atoms with Crippen LogP contribution < -0.4 is 10.1 Å². The number of carbonyl (C=O) groups is 1. The van der Waals surface area contributed by atoms with Crippen molar-refractivity contribution in [3.05, 3.63) is 66.0 Å². The van der Waals surface area contributed by atoms with Gasteiger partial charge in [-0.1, -0.05) is 18.2 Å². The number of carbonyl (C=O) groups excluding carboxylic acids is 1. The number of amides is 1. The standard InChI is InChI=1S/C19H16N4O2S/c1-23-12-20-22-19(23)26-16-8-6-15(7-9-16)21-18(24)14-10-13-4-2-3-5-17(13)25-11-14/h2-10,12H,11H2,1H3,(H,21,24). The molecule has 1 aliphatic heterocycles. The first-order chi connectivity index (χ1) is 12.7. The Hall–Kier alpha value is -3.06. The molecule has 0 saturated carbocycles. The van der Waals surface area contributed by atoms with Crippen LogP contribution in [0.25, 0.3) is 6.08 Å². The summed E-state index contributed by atoms with van der Waals surface area (Å²) in [4.78, 5) is 13.5. The smallest absolute Gasteiger partial charge is 0.255 e. The number of para-hydroxylation sites is 1. The lowest BCUT2D eigenvalue weighted by Crippen LogP contribution is -2.21. The Kier molecular flexibility index (Phi) is 4.45. The number of hydrogen-bond acceptors (Lipinski definition) is 5. The maximum atomic E-state index is 12.5. The van der Waals surface area contributed by atoms with Gasteiger partial charge in [-0.3, -0.25) is 4.79 Å². The van der Waals surface area contributed by atoms with Gasteiger partial charge in [-0.05, 0) is 48.2 Å². The lowest BCUT2D eigenvalue weighted by atomic mass is 10.1. The number of rotatable bonds is 4. The molecule has 1 aromatic heterocycles. The van der Waals surface area contributed by atoms with Gasteiger partial charge in [-0.25, -0.2) is 0 Å². The molecule has 3 aromatic rings. The van der Waals surface area contributed by atoms with Crippen molar-refractivity contribution >= 4 is 29.4 Å². The number of ether oxygens (including phenoxy) is 1. The zero-order valence-electron chi connectivity index (χ0n) is 14.0. The number of nitrogens with one attached hydrogen (secondary N) is 1. The summed E-state index contributed by atoms with van der Waals surface area (Å²) in [6.07, 6.45) is 3.53. The molecular weight excluding hydrogens is 348 g/mol. The quantitative estimate of drug-likeness (QED) is 0.769. The second kappa shape index (κ2) is 7.05. The van der Waals surface area contributed by atoms with Gasteiger partial charge in [-0.15, -0.1) is 10.2 Å². The van der Waals surface area contributed by atoms with Crippen molar-refractivity contribution in [1.29, 1.82) is 0 Å². The Bertz CT molecular complexity index is 979. The van der Waals surface area contributed by atoms with Gasteiger partial charge in [0.25, 0.3) is 5.91 Å². The molecule has 0 radical (unpaired) electrons. The van der Waals surface area contributed by atoms with Gasteiger partial charge in [0.2, 0.25) is 0 Å². The molecule has 1 N–H and O–H groups in total. The molecule has 0 atom stereocenters.